The Labute approximate surface area is 523 Å². The first kappa shape index (κ1) is 59.1. The van der Waals surface area contributed by atoms with Crippen LogP contribution >= 0.6 is 7.82 Å². The zero-order valence-corrected chi connectivity index (χ0v) is 49.4. The number of hydrogen-bond donors (Lipinski definition) is 6. The Balaban J connectivity index is 0.680. The molecule has 3 saturated heterocycles. The topological polar surface area (TPSA) is 325 Å². The van der Waals surface area contributed by atoms with E-state index in [4.69, 9.17) is 27.8 Å². The lowest BCUT2D eigenvalue weighted by Gasteiger charge is -2.24. The van der Waals surface area contributed by atoms with Crippen LogP contribution < -0.4 is 0 Å². The number of nitrogens with zero attached hydrogens (tertiary/aromatic N) is 12. The van der Waals surface area contributed by atoms with Crippen LogP contribution in [0.4, 0.5) is 0 Å². The van der Waals surface area contributed by atoms with Gasteiger partial charge in [0.15, 0.2) is 35.6 Å². The predicted molar refractivity (Wildman–Crippen MR) is 332 cm³/mol. The molecular weight excluding hydrogens is 1200 g/mol. The predicted octanol–water partition coefficient (Wildman–Crippen LogP) is 7.52. The number of fused-ring (bicyclic) bond motifs is 3. The van der Waals surface area contributed by atoms with Crippen LogP contribution in [0.3, 0.4) is 0 Å². The van der Waals surface area contributed by atoms with Crippen molar-refractivity contribution in [2.75, 3.05) is 19.8 Å². The van der Waals surface area contributed by atoms with Crippen molar-refractivity contribution in [2.24, 2.45) is 0 Å². The summed E-state index contributed by atoms with van der Waals surface area (Å²) in [5.41, 5.74) is 11.6. The molecule has 12 atom stereocenters. The number of aliphatic hydroxyl groups excluding tert-OH is 6. The van der Waals surface area contributed by atoms with E-state index in [0.29, 0.717) is 33.6 Å². The normalized spacial score (nSPS) is 24.2. The summed E-state index contributed by atoms with van der Waals surface area (Å²) in [6, 6.07) is 52.9. The Kier molecular flexibility index (Phi) is 15.9. The van der Waals surface area contributed by atoms with E-state index in [2.05, 4.69) is 44.9 Å². The van der Waals surface area contributed by atoms with Crippen LogP contribution in [0.5, 0.6) is 0 Å². The quantitative estimate of drug-likeness (QED) is 0.0452. The summed E-state index contributed by atoms with van der Waals surface area (Å²) in [4.78, 5) is 41.0. The van der Waals surface area contributed by atoms with E-state index < -0.39 is 101 Å². The van der Waals surface area contributed by atoms with E-state index in [1.807, 2.05) is 164 Å². The Morgan fingerprint density at radius 1 is 0.337 bits per heavy atom. The van der Waals surface area contributed by atoms with Crippen molar-refractivity contribution in [1.29, 1.82) is 0 Å². The van der Waals surface area contributed by atoms with Crippen molar-refractivity contribution in [3.8, 4) is 67.2 Å². The zero-order chi connectivity index (χ0) is 62.6. The molecule has 6 aromatic heterocycles. The van der Waals surface area contributed by atoms with Crippen molar-refractivity contribution < 1.29 is 63.0 Å². The summed E-state index contributed by atoms with van der Waals surface area (Å²) < 4.78 is 56.2. The second-order valence-electron chi connectivity index (χ2n) is 22.5. The molecule has 15 rings (SSSR count). The van der Waals surface area contributed by atoms with E-state index in [1.165, 1.54) is 51.7 Å². The fraction of sp³-hybridized carbons (Fsp3) is 0.227. The Morgan fingerprint density at radius 3 is 0.902 bits per heavy atom. The maximum Gasteiger partial charge on any atom is 0.475 e. The highest BCUT2D eigenvalue weighted by molar-refractivity contribution is 7.48. The number of ether oxygens (including phenoxy) is 3. The van der Waals surface area contributed by atoms with Gasteiger partial charge in [0.25, 0.3) is 0 Å². The van der Waals surface area contributed by atoms with E-state index in [9.17, 15) is 30.6 Å². The molecule has 26 heteroatoms. The highest BCUT2D eigenvalue weighted by Gasteiger charge is 2.50. The summed E-state index contributed by atoms with van der Waals surface area (Å²) in [7, 11) is -5.01. The minimum Gasteiger partial charge on any atom is -0.387 e. The highest BCUT2D eigenvalue weighted by Crippen LogP contribution is 2.52. The number of benzene rings is 6. The number of rotatable bonds is 18. The van der Waals surface area contributed by atoms with Crippen molar-refractivity contribution in [3.63, 3.8) is 0 Å². The van der Waals surface area contributed by atoms with Crippen molar-refractivity contribution in [3.05, 3.63) is 202 Å². The maximum atomic E-state index is 15.2. The average Bonchev–Trinajstić information content (AvgIpc) is 1.63. The summed E-state index contributed by atoms with van der Waals surface area (Å²) in [6.45, 7) is -2.21. The fourth-order valence-electron chi connectivity index (χ4n) is 12.1. The Morgan fingerprint density at radius 2 is 0.609 bits per heavy atom. The molecule has 464 valence electrons. The van der Waals surface area contributed by atoms with Gasteiger partial charge in [0.2, 0.25) is 0 Å². The van der Waals surface area contributed by atoms with Gasteiger partial charge in [-0.3, -0.25) is 27.3 Å². The fourth-order valence-corrected chi connectivity index (χ4v) is 13.3. The van der Waals surface area contributed by atoms with Crippen LogP contribution in [0.1, 0.15) is 18.7 Å². The molecule has 0 radical (unpaired) electrons. The summed E-state index contributed by atoms with van der Waals surface area (Å²) in [5.74, 6) is 0. The van der Waals surface area contributed by atoms with E-state index in [-0.39, 0.29) is 16.9 Å². The third kappa shape index (κ3) is 11.0. The minimum absolute atomic E-state index is 0.275. The summed E-state index contributed by atoms with van der Waals surface area (Å²) in [5, 5.41) is 69.6. The van der Waals surface area contributed by atoms with Gasteiger partial charge in [0.1, 0.15) is 108 Å². The number of aliphatic hydroxyl groups is 6. The van der Waals surface area contributed by atoms with E-state index >= 15 is 4.57 Å². The number of hydrogen-bond acceptors (Lipinski definition) is 22. The summed E-state index contributed by atoms with van der Waals surface area (Å²) in [6.07, 6.45) is -9.64. The van der Waals surface area contributed by atoms with Gasteiger partial charge in [0.05, 0.1) is 38.8 Å². The second-order valence-corrected chi connectivity index (χ2v) is 24.1. The van der Waals surface area contributed by atoms with Crippen LogP contribution in [0.15, 0.2) is 202 Å². The molecule has 92 heavy (non-hydrogen) atoms. The maximum absolute atomic E-state index is 15.2. The lowest BCUT2D eigenvalue weighted by Crippen LogP contribution is -2.35. The first-order chi connectivity index (χ1) is 44.9. The van der Waals surface area contributed by atoms with Crippen molar-refractivity contribution >= 4 is 41.3 Å². The van der Waals surface area contributed by atoms with Crippen LogP contribution in [-0.4, -0.2) is 164 Å². The third-order valence-corrected chi connectivity index (χ3v) is 18.2. The molecule has 0 aliphatic carbocycles. The Hall–Kier alpha value is -9.28. The van der Waals surface area contributed by atoms with Gasteiger partial charge < -0.3 is 44.8 Å². The number of aromatic nitrogens is 12. The molecule has 6 aromatic carbocycles. The molecule has 3 aliphatic rings. The highest BCUT2D eigenvalue weighted by atomic mass is 31.2. The lowest BCUT2D eigenvalue weighted by molar-refractivity contribution is -0.0723. The molecule has 0 bridgehead atoms. The SMILES string of the molecule is O=P(OC[C@H]1O[C@@H](n2cnc3c(-c4cccc(-c5ccccc5)c4)ncnc32)[C@H](O)[C@@H]1O)(OC[C@H]1O[C@@H](n2cnc3c(-c4cccc(-c5ccccc5)c4)ncnc32)[C@H](O)[C@@H]1O)OC[C@H]1O[C@@H](n2cnc3c(-c4cccc(-c5ccccc5)c4)ncnc32)[C@H](O)[C@@H]1O. The third-order valence-electron chi connectivity index (χ3n) is 16.8. The van der Waals surface area contributed by atoms with Gasteiger partial charge in [-0.1, -0.05) is 146 Å². The number of phosphoric acid groups is 1. The standard InChI is InChI=1S/C66H57N12O13P/c79-55-46(89-64(58(55)82)76-34-73-52-49(67-31-70-61(52)76)43-22-10-19-40(25-43)37-13-4-1-5-14-37)28-86-92(85,87-29-47-56(80)59(83)65(90-47)77-35-74-53-50(68-32-71-62(53)77)44-23-11-20-41(26-44)38-15-6-2-7-16-38)88-30-48-57(81)60(84)66(91-48)78-36-75-54-51(69-33-72-63(54)78)45-24-12-21-42(27-45)39-17-8-3-9-18-39/h1-27,31-36,46-48,55-60,64-66,79-84H,28-30H2/t46-,47-,48-,55-,56-,57-,58-,59-,60-,64-,65-,66-/m1/s1. The molecule has 25 nitrogen and oxygen atoms in total. The largest absolute Gasteiger partial charge is 0.475 e. The molecule has 0 saturated carbocycles. The lowest BCUT2D eigenvalue weighted by atomic mass is 10.0. The van der Waals surface area contributed by atoms with E-state index in [1.54, 1.807) is 0 Å². The zero-order valence-electron chi connectivity index (χ0n) is 48.5. The number of imidazole rings is 3. The first-order valence-electron chi connectivity index (χ1n) is 29.5. The molecule has 6 N–H and O–H groups in total. The molecule has 12 aromatic rings. The van der Waals surface area contributed by atoms with Crippen LogP contribution in [0.25, 0.3) is 101 Å². The van der Waals surface area contributed by atoms with Gasteiger partial charge in [-0.25, -0.2) is 49.4 Å². The summed E-state index contributed by atoms with van der Waals surface area (Å²) >= 11 is 0. The van der Waals surface area contributed by atoms with Crippen molar-refractivity contribution in [1.82, 2.24) is 58.6 Å². The smallest absolute Gasteiger partial charge is 0.387 e. The van der Waals surface area contributed by atoms with Gasteiger partial charge >= 0.3 is 7.82 Å². The van der Waals surface area contributed by atoms with Crippen LogP contribution in [-0.2, 0) is 32.3 Å². The number of phosphoric ester groups is 1. The average molecular weight is 1260 g/mol. The first-order valence-corrected chi connectivity index (χ1v) is 31.0. The molecule has 3 fully saturated rings. The molecule has 0 spiro atoms. The van der Waals surface area contributed by atoms with Gasteiger partial charge in [-0.15, -0.1) is 0 Å². The van der Waals surface area contributed by atoms with E-state index in [0.717, 1.165) is 50.1 Å². The molecule has 9 heterocycles. The molecule has 0 amide bonds. The van der Waals surface area contributed by atoms with Crippen LogP contribution in [0.2, 0.25) is 0 Å². The van der Waals surface area contributed by atoms with Crippen molar-refractivity contribution in [2.45, 2.75) is 73.6 Å². The second kappa shape index (κ2) is 24.7. The molecule has 3 aliphatic heterocycles. The Bertz CT molecular complexity index is 4220. The van der Waals surface area contributed by atoms with Crippen LogP contribution in [0, 0.1) is 0 Å². The molecule has 0 unspecified atom stereocenters. The van der Waals surface area contributed by atoms with Gasteiger partial charge in [-0.2, -0.15) is 0 Å². The van der Waals surface area contributed by atoms with Gasteiger partial charge in [0, 0.05) is 16.7 Å². The minimum atomic E-state index is -5.01. The monoisotopic (exact) mass is 1260 g/mol. The molecular formula is C66H57N12O13P. The van der Waals surface area contributed by atoms with Gasteiger partial charge in [-0.05, 0) is 51.6 Å².